The van der Waals surface area contributed by atoms with Crippen LogP contribution < -0.4 is 4.74 Å². The highest BCUT2D eigenvalue weighted by Crippen LogP contribution is 2.30. The molecular formula is C20H25NO8. The first-order valence-corrected chi connectivity index (χ1v) is 9.09. The molecule has 1 aromatic carbocycles. The summed E-state index contributed by atoms with van der Waals surface area (Å²) >= 11 is 0. The van der Waals surface area contributed by atoms with E-state index in [-0.39, 0.29) is 0 Å². The van der Waals surface area contributed by atoms with Crippen LogP contribution in [0.1, 0.15) is 17.4 Å². The molecule has 6 atom stereocenters. The monoisotopic (exact) mass is 407 g/mol. The van der Waals surface area contributed by atoms with Crippen molar-refractivity contribution in [3.05, 3.63) is 47.8 Å². The van der Waals surface area contributed by atoms with Crippen molar-refractivity contribution in [3.63, 3.8) is 0 Å². The Labute approximate surface area is 167 Å². The van der Waals surface area contributed by atoms with Gasteiger partial charge in [-0.1, -0.05) is 6.07 Å². The van der Waals surface area contributed by atoms with E-state index >= 15 is 0 Å². The second-order valence-corrected chi connectivity index (χ2v) is 6.89. The number of methoxy groups -OCH3 is 1. The molecule has 1 aliphatic heterocycles. The van der Waals surface area contributed by atoms with Gasteiger partial charge in [0, 0.05) is 30.6 Å². The number of aromatic nitrogens is 1. The number of nitrogens with zero attached hydrogens (tertiary/aromatic N) is 1. The summed E-state index contributed by atoms with van der Waals surface area (Å²) in [4.78, 5) is 4.12. The fourth-order valence-electron chi connectivity index (χ4n) is 3.14. The number of aliphatic hydroxyl groups excluding tert-OH is 5. The predicted octanol–water partition coefficient (Wildman–Crippen LogP) is -0.127. The number of aliphatic hydroxyl groups is 5. The highest BCUT2D eigenvalue weighted by atomic mass is 16.7. The summed E-state index contributed by atoms with van der Waals surface area (Å²) in [6.45, 7) is 1.27. The van der Waals surface area contributed by atoms with E-state index in [1.54, 1.807) is 31.3 Å². The third-order valence-electron chi connectivity index (χ3n) is 4.87. The molecule has 158 valence electrons. The van der Waals surface area contributed by atoms with Gasteiger partial charge in [-0.3, -0.25) is 4.98 Å². The maximum atomic E-state index is 10.1. The zero-order valence-corrected chi connectivity index (χ0v) is 16.0. The lowest BCUT2D eigenvalue weighted by atomic mass is 9.99. The number of hydrogen-bond acceptors (Lipinski definition) is 9. The molecule has 1 saturated heterocycles. The zero-order valence-electron chi connectivity index (χ0n) is 16.0. The number of rotatable bonds is 6. The third-order valence-corrected chi connectivity index (χ3v) is 4.87. The second kappa shape index (κ2) is 9.14. The largest absolute Gasteiger partial charge is 0.462 e. The highest BCUT2D eigenvalue weighted by Gasteiger charge is 2.44. The van der Waals surface area contributed by atoms with E-state index < -0.39 is 43.6 Å². The topological polar surface area (TPSA) is 142 Å². The molecule has 0 spiro atoms. The second-order valence-electron chi connectivity index (χ2n) is 6.89. The number of ether oxygens (including phenoxy) is 3. The Kier molecular flexibility index (Phi) is 6.81. The molecule has 2 heterocycles. The Bertz CT molecular complexity index is 830. The van der Waals surface area contributed by atoms with Crippen molar-refractivity contribution < 1.29 is 39.7 Å². The molecule has 0 radical (unpaired) electrons. The lowest BCUT2D eigenvalue weighted by molar-refractivity contribution is -0.277. The fourth-order valence-corrected chi connectivity index (χ4v) is 3.14. The van der Waals surface area contributed by atoms with Gasteiger partial charge in [-0.05, 0) is 36.2 Å². The van der Waals surface area contributed by atoms with E-state index in [0.717, 1.165) is 16.7 Å². The van der Waals surface area contributed by atoms with Crippen LogP contribution in [-0.2, 0) is 9.47 Å². The molecule has 9 heteroatoms. The molecule has 0 bridgehead atoms. The van der Waals surface area contributed by atoms with Crippen LogP contribution in [0, 0.1) is 6.92 Å². The van der Waals surface area contributed by atoms with Gasteiger partial charge in [0.2, 0.25) is 6.29 Å². The molecule has 0 amide bonds. The normalized spacial score (nSPS) is 28.2. The lowest BCUT2D eigenvalue weighted by Gasteiger charge is -2.39. The van der Waals surface area contributed by atoms with Gasteiger partial charge in [-0.15, -0.1) is 0 Å². The van der Waals surface area contributed by atoms with Gasteiger partial charge in [0.1, 0.15) is 30.2 Å². The van der Waals surface area contributed by atoms with E-state index in [0.29, 0.717) is 11.3 Å². The molecule has 1 fully saturated rings. The number of hydrogen-bond donors (Lipinski definition) is 5. The minimum absolute atomic E-state index is 0.402. The molecular weight excluding hydrogens is 382 g/mol. The van der Waals surface area contributed by atoms with Crippen LogP contribution in [0.3, 0.4) is 0 Å². The maximum absolute atomic E-state index is 10.1. The van der Waals surface area contributed by atoms with Crippen LogP contribution in [0.25, 0.3) is 11.1 Å². The van der Waals surface area contributed by atoms with Crippen molar-refractivity contribution in [2.75, 3.05) is 13.7 Å². The van der Waals surface area contributed by atoms with Gasteiger partial charge in [0.05, 0.1) is 6.61 Å². The average Bonchev–Trinajstić information content (AvgIpc) is 2.74. The molecule has 3 rings (SSSR count). The molecule has 1 aliphatic rings. The summed E-state index contributed by atoms with van der Waals surface area (Å²) < 4.78 is 16.0. The highest BCUT2D eigenvalue weighted by molar-refractivity contribution is 5.65. The van der Waals surface area contributed by atoms with Crippen molar-refractivity contribution >= 4 is 0 Å². The van der Waals surface area contributed by atoms with Gasteiger partial charge < -0.3 is 39.7 Å². The minimum Gasteiger partial charge on any atom is -0.462 e. The first-order valence-electron chi connectivity index (χ1n) is 9.09. The van der Waals surface area contributed by atoms with Crippen molar-refractivity contribution in [2.24, 2.45) is 0 Å². The minimum atomic E-state index is -1.51. The molecule has 5 N–H and O–H groups in total. The molecule has 1 aromatic heterocycles. The standard InChI is InChI=1S/C20H25NO8/c1-10-5-11(12-6-13(8-21-7-12)19(26)27-2)3-4-14(10)28-20-18(25)17(24)16(23)15(9-22)29-20/h3-8,15-20,22-26H,9H2,1-2H3. The molecule has 0 aliphatic carbocycles. The first-order chi connectivity index (χ1) is 13.8. The Morgan fingerprint density at radius 3 is 2.48 bits per heavy atom. The Balaban J connectivity index is 1.80. The first kappa shape index (κ1) is 21.6. The van der Waals surface area contributed by atoms with Crippen molar-refractivity contribution in [1.29, 1.82) is 0 Å². The smallest absolute Gasteiger partial charge is 0.229 e. The van der Waals surface area contributed by atoms with Crippen molar-refractivity contribution in [3.8, 4) is 16.9 Å². The summed E-state index contributed by atoms with van der Waals surface area (Å²) in [5.41, 5.74) is 2.82. The molecule has 9 nitrogen and oxygen atoms in total. The predicted molar refractivity (Wildman–Crippen MR) is 101 cm³/mol. The van der Waals surface area contributed by atoms with E-state index in [1.807, 2.05) is 6.07 Å². The van der Waals surface area contributed by atoms with Gasteiger partial charge in [0.25, 0.3) is 0 Å². The van der Waals surface area contributed by atoms with Crippen LogP contribution in [0.2, 0.25) is 0 Å². The van der Waals surface area contributed by atoms with E-state index in [1.165, 1.54) is 13.3 Å². The average molecular weight is 407 g/mol. The molecule has 6 unspecified atom stereocenters. The van der Waals surface area contributed by atoms with Crippen LogP contribution >= 0.6 is 0 Å². The van der Waals surface area contributed by atoms with Gasteiger partial charge >= 0.3 is 0 Å². The number of aryl methyl sites for hydroxylation is 1. The Morgan fingerprint density at radius 1 is 1.07 bits per heavy atom. The van der Waals surface area contributed by atoms with Crippen LogP contribution in [0.4, 0.5) is 0 Å². The van der Waals surface area contributed by atoms with E-state index in [9.17, 15) is 25.5 Å². The van der Waals surface area contributed by atoms with Gasteiger partial charge in [-0.25, -0.2) is 0 Å². The van der Waals surface area contributed by atoms with Gasteiger partial charge in [0.15, 0.2) is 6.29 Å². The van der Waals surface area contributed by atoms with E-state index in [2.05, 4.69) is 4.98 Å². The van der Waals surface area contributed by atoms with Crippen LogP contribution in [0.15, 0.2) is 36.7 Å². The molecule has 29 heavy (non-hydrogen) atoms. The summed E-state index contributed by atoms with van der Waals surface area (Å²) in [5, 5.41) is 49.0. The SMILES string of the molecule is COC(O)c1cncc(-c2ccc(OC3OC(CO)C(O)C(O)C3O)c(C)c2)c1. The summed E-state index contributed by atoms with van der Waals surface area (Å²) in [6, 6.07) is 7.03. The van der Waals surface area contributed by atoms with Crippen LogP contribution in [-0.4, -0.2) is 74.9 Å². The maximum Gasteiger partial charge on any atom is 0.229 e. The number of benzene rings is 1. The van der Waals surface area contributed by atoms with Crippen molar-refractivity contribution in [1.82, 2.24) is 4.98 Å². The van der Waals surface area contributed by atoms with E-state index in [4.69, 9.17) is 14.2 Å². The number of pyridine rings is 1. The van der Waals surface area contributed by atoms with Crippen LogP contribution in [0.5, 0.6) is 5.75 Å². The zero-order chi connectivity index (χ0) is 21.1. The summed E-state index contributed by atoms with van der Waals surface area (Å²) in [5.74, 6) is 0.402. The van der Waals surface area contributed by atoms with Gasteiger partial charge in [-0.2, -0.15) is 0 Å². The molecule has 0 saturated carbocycles. The summed E-state index contributed by atoms with van der Waals surface area (Å²) in [6.07, 6.45) is -4.64. The Hall–Kier alpha value is -2.11. The summed E-state index contributed by atoms with van der Waals surface area (Å²) in [7, 11) is 1.40. The Morgan fingerprint density at radius 2 is 1.83 bits per heavy atom. The fraction of sp³-hybridized carbons (Fsp3) is 0.450. The molecule has 2 aromatic rings. The third kappa shape index (κ3) is 4.57. The quantitative estimate of drug-likeness (QED) is 0.414. The van der Waals surface area contributed by atoms with Crippen molar-refractivity contribution in [2.45, 2.75) is 43.9 Å². The lowest BCUT2D eigenvalue weighted by Crippen LogP contribution is -2.60.